The van der Waals surface area contributed by atoms with Crippen LogP contribution in [-0.4, -0.2) is 25.0 Å². The number of hydrogen-bond acceptors (Lipinski definition) is 6. The highest BCUT2D eigenvalue weighted by Gasteiger charge is 2.30. The molecule has 4 rings (SSSR count). The summed E-state index contributed by atoms with van der Waals surface area (Å²) in [7, 11) is -3.72. The number of carbonyl (C=O) groups excluding carboxylic acids is 2. The van der Waals surface area contributed by atoms with Crippen molar-refractivity contribution >= 4 is 49.5 Å². The van der Waals surface area contributed by atoms with Gasteiger partial charge in [0.25, 0.3) is 10.0 Å². The second-order valence-corrected chi connectivity index (χ2v) is 10.2. The number of H-pyrrole nitrogens is 1. The van der Waals surface area contributed by atoms with Gasteiger partial charge in [-0.25, -0.2) is 8.42 Å². The molecule has 0 amide bonds. The summed E-state index contributed by atoms with van der Waals surface area (Å²) in [6.07, 6.45) is 2.31. The number of nitriles is 1. The molecule has 0 aliphatic rings. The number of benzene rings is 2. The number of anilines is 1. The van der Waals surface area contributed by atoms with E-state index in [-0.39, 0.29) is 15.5 Å². The molecule has 9 heteroatoms. The quantitative estimate of drug-likeness (QED) is 0.279. The molecule has 0 radical (unpaired) electrons. The molecule has 2 aromatic heterocycles. The summed E-state index contributed by atoms with van der Waals surface area (Å²) in [5.41, 5.74) is 2.55. The lowest BCUT2D eigenvalue weighted by Crippen LogP contribution is -2.23. The number of aryl methyl sites for hydroxylation is 1. The Balaban J connectivity index is 1.57. The van der Waals surface area contributed by atoms with Crippen molar-refractivity contribution in [2.24, 2.45) is 5.92 Å². The van der Waals surface area contributed by atoms with E-state index < -0.39 is 27.5 Å². The van der Waals surface area contributed by atoms with Crippen LogP contribution in [0.25, 0.3) is 10.9 Å². The fourth-order valence-electron chi connectivity index (χ4n) is 3.60. The summed E-state index contributed by atoms with van der Waals surface area (Å²) in [4.78, 5) is 29.1. The second-order valence-electron chi connectivity index (χ2n) is 7.30. The van der Waals surface area contributed by atoms with Crippen molar-refractivity contribution < 1.29 is 18.0 Å². The van der Waals surface area contributed by atoms with Crippen molar-refractivity contribution in [3.63, 3.8) is 0 Å². The van der Waals surface area contributed by atoms with Crippen LogP contribution in [0.3, 0.4) is 0 Å². The Hall–Kier alpha value is -3.74. The van der Waals surface area contributed by atoms with Gasteiger partial charge in [-0.2, -0.15) is 5.26 Å². The van der Waals surface area contributed by atoms with Crippen LogP contribution in [-0.2, 0) is 16.4 Å². The van der Waals surface area contributed by atoms with E-state index in [0.29, 0.717) is 10.9 Å². The average Bonchev–Trinajstić information content (AvgIpc) is 3.50. The first-order valence-corrected chi connectivity index (χ1v) is 12.5. The smallest absolute Gasteiger partial charge is 0.271 e. The average molecular weight is 478 g/mol. The van der Waals surface area contributed by atoms with Crippen LogP contribution in [0.1, 0.15) is 33.2 Å². The molecule has 2 heterocycles. The molecule has 1 atom stereocenters. The van der Waals surface area contributed by atoms with Gasteiger partial charge in [-0.05, 0) is 47.7 Å². The molecule has 0 saturated heterocycles. The molecule has 0 fully saturated rings. The first kappa shape index (κ1) is 22.5. The molecule has 0 aliphatic carbocycles. The zero-order valence-electron chi connectivity index (χ0n) is 17.5. The Morgan fingerprint density at radius 1 is 1.09 bits per heavy atom. The Bertz CT molecular complexity index is 1480. The van der Waals surface area contributed by atoms with Crippen molar-refractivity contribution in [1.82, 2.24) is 4.98 Å². The van der Waals surface area contributed by atoms with Crippen LogP contribution in [0.4, 0.5) is 5.69 Å². The number of fused-ring (bicyclic) bond motifs is 1. The first-order chi connectivity index (χ1) is 15.9. The van der Waals surface area contributed by atoms with Crippen LogP contribution in [0.2, 0.25) is 0 Å². The minimum Gasteiger partial charge on any atom is -0.360 e. The number of Topliss-reactive ketones (excluding diaryl/α,β-unsaturated/α-hetero) is 2. The van der Waals surface area contributed by atoms with Crippen molar-refractivity contribution in [2.45, 2.75) is 17.6 Å². The highest BCUT2D eigenvalue weighted by molar-refractivity contribution is 7.94. The Labute approximate surface area is 194 Å². The molecule has 2 N–H and O–H groups in total. The van der Waals surface area contributed by atoms with Gasteiger partial charge >= 0.3 is 0 Å². The van der Waals surface area contributed by atoms with Gasteiger partial charge in [0, 0.05) is 33.9 Å². The van der Waals surface area contributed by atoms with E-state index >= 15 is 0 Å². The fourth-order valence-corrected chi connectivity index (χ4v) is 5.65. The maximum absolute atomic E-state index is 13.1. The van der Waals surface area contributed by atoms with Crippen molar-refractivity contribution in [3.05, 3.63) is 82.9 Å². The SMILES string of the molecule is CCc1cccc2c(C(=O)[C@@H](C#N)C(=O)c3ccc(NS(=O)(=O)c4cccs4)cc3)c[nH]c12. The number of sulfonamides is 1. The van der Waals surface area contributed by atoms with E-state index in [9.17, 15) is 23.3 Å². The summed E-state index contributed by atoms with van der Waals surface area (Å²) in [6, 6.07) is 16.2. The van der Waals surface area contributed by atoms with E-state index in [4.69, 9.17) is 0 Å². The molecule has 7 nitrogen and oxygen atoms in total. The summed E-state index contributed by atoms with van der Waals surface area (Å²) >= 11 is 1.09. The van der Waals surface area contributed by atoms with Gasteiger partial charge in [0.1, 0.15) is 4.21 Å². The Morgan fingerprint density at radius 2 is 1.85 bits per heavy atom. The van der Waals surface area contributed by atoms with Crippen LogP contribution in [0, 0.1) is 17.2 Å². The molecule has 166 valence electrons. The monoisotopic (exact) mass is 477 g/mol. The lowest BCUT2D eigenvalue weighted by Gasteiger charge is -2.09. The lowest BCUT2D eigenvalue weighted by atomic mass is 9.90. The third-order valence-corrected chi connectivity index (χ3v) is 8.06. The van der Waals surface area contributed by atoms with Gasteiger partial charge in [-0.15, -0.1) is 11.3 Å². The number of nitrogens with one attached hydrogen (secondary N) is 2. The van der Waals surface area contributed by atoms with Gasteiger partial charge < -0.3 is 4.98 Å². The number of nitrogens with zero attached hydrogens (tertiary/aromatic N) is 1. The molecule has 33 heavy (non-hydrogen) atoms. The van der Waals surface area contributed by atoms with E-state index in [2.05, 4.69) is 9.71 Å². The maximum Gasteiger partial charge on any atom is 0.271 e. The van der Waals surface area contributed by atoms with Crippen molar-refractivity contribution in [1.29, 1.82) is 5.26 Å². The number of ketones is 2. The van der Waals surface area contributed by atoms with Crippen LogP contribution >= 0.6 is 11.3 Å². The molecule has 0 saturated carbocycles. The highest BCUT2D eigenvalue weighted by atomic mass is 32.2. The highest BCUT2D eigenvalue weighted by Crippen LogP contribution is 2.26. The van der Waals surface area contributed by atoms with Gasteiger partial charge in [0.05, 0.1) is 6.07 Å². The van der Waals surface area contributed by atoms with Crippen LogP contribution in [0.15, 0.2) is 70.4 Å². The van der Waals surface area contributed by atoms with E-state index in [1.54, 1.807) is 17.5 Å². The van der Waals surface area contributed by atoms with E-state index in [0.717, 1.165) is 28.8 Å². The third-order valence-electron chi connectivity index (χ3n) is 5.28. The Morgan fingerprint density at radius 3 is 2.48 bits per heavy atom. The Kier molecular flexibility index (Phi) is 6.14. The molecule has 0 unspecified atom stereocenters. The number of aromatic amines is 1. The zero-order chi connectivity index (χ0) is 23.6. The standard InChI is InChI=1S/C24H19N3O4S2/c1-2-15-5-3-6-18-20(14-26-22(15)18)24(29)19(13-25)23(28)16-8-10-17(11-9-16)27-33(30,31)21-7-4-12-32-21/h3-12,14,19,26-27H,2H2,1H3/t19-/m0/s1. The van der Waals surface area contributed by atoms with Gasteiger partial charge in [0.2, 0.25) is 0 Å². The number of rotatable bonds is 8. The summed E-state index contributed by atoms with van der Waals surface area (Å²) in [5, 5.41) is 12.0. The molecule has 4 aromatic rings. The number of thiophene rings is 1. The summed E-state index contributed by atoms with van der Waals surface area (Å²) in [5.74, 6) is -2.73. The van der Waals surface area contributed by atoms with Crippen molar-refractivity contribution in [3.8, 4) is 6.07 Å². The van der Waals surface area contributed by atoms with E-state index in [1.807, 2.05) is 25.1 Å². The van der Waals surface area contributed by atoms with Gasteiger partial charge in [0.15, 0.2) is 17.5 Å². The normalized spacial score (nSPS) is 12.2. The number of hydrogen-bond donors (Lipinski definition) is 2. The molecular weight excluding hydrogens is 458 g/mol. The molecule has 0 spiro atoms. The molecule has 0 aliphatic heterocycles. The second kappa shape index (κ2) is 9.02. The van der Waals surface area contributed by atoms with Crippen molar-refractivity contribution in [2.75, 3.05) is 4.72 Å². The van der Waals surface area contributed by atoms with Crippen LogP contribution < -0.4 is 4.72 Å². The predicted molar refractivity (Wildman–Crippen MR) is 127 cm³/mol. The predicted octanol–water partition coefficient (Wildman–Crippen LogP) is 4.80. The van der Waals surface area contributed by atoms with Crippen LogP contribution in [0.5, 0.6) is 0 Å². The third kappa shape index (κ3) is 4.31. The minimum absolute atomic E-state index is 0.142. The zero-order valence-corrected chi connectivity index (χ0v) is 19.2. The largest absolute Gasteiger partial charge is 0.360 e. The molecule has 0 bridgehead atoms. The fraction of sp³-hybridized carbons (Fsp3) is 0.125. The number of aromatic nitrogens is 1. The van der Waals surface area contributed by atoms with Gasteiger partial charge in [-0.3, -0.25) is 14.3 Å². The number of para-hydroxylation sites is 1. The molecule has 2 aromatic carbocycles. The number of carbonyl (C=O) groups is 2. The molecular formula is C24H19N3O4S2. The lowest BCUT2D eigenvalue weighted by molar-refractivity contribution is 0.0847. The summed E-state index contributed by atoms with van der Waals surface area (Å²) in [6.45, 7) is 2.00. The first-order valence-electron chi connectivity index (χ1n) is 10.1. The minimum atomic E-state index is -3.72. The van der Waals surface area contributed by atoms with Gasteiger partial charge in [-0.1, -0.05) is 31.2 Å². The summed E-state index contributed by atoms with van der Waals surface area (Å²) < 4.78 is 27.3. The van der Waals surface area contributed by atoms with E-state index in [1.165, 1.54) is 36.5 Å². The topological polar surface area (TPSA) is 120 Å². The maximum atomic E-state index is 13.1.